The Balaban J connectivity index is 3.42. The molecular weight excluding hydrogens is 176 g/mol. The molecule has 0 atom stereocenters. The van der Waals surface area contributed by atoms with Gasteiger partial charge in [-0.05, 0) is 19.4 Å². The highest BCUT2D eigenvalue weighted by atomic mass is 16.2. The molecular formula is C11H24N2O. The number of nitrogens with zero attached hydrogens (tertiary/aromatic N) is 1. The quantitative estimate of drug-likeness (QED) is 0.607. The van der Waals surface area contributed by atoms with Gasteiger partial charge in [0.25, 0.3) is 0 Å². The lowest BCUT2D eigenvalue weighted by atomic mass is 10.1. The number of amides is 1. The van der Waals surface area contributed by atoms with Crippen LogP contribution in [0, 0.1) is 0 Å². The van der Waals surface area contributed by atoms with Gasteiger partial charge in [0.2, 0.25) is 5.91 Å². The van der Waals surface area contributed by atoms with Crippen molar-refractivity contribution < 1.29 is 4.79 Å². The zero-order chi connectivity index (χ0) is 10.8. The monoisotopic (exact) mass is 200 g/mol. The lowest BCUT2D eigenvalue weighted by Crippen LogP contribution is -2.28. The van der Waals surface area contributed by atoms with Gasteiger partial charge in [-0.25, -0.2) is 0 Å². The minimum Gasteiger partial charge on any atom is -0.346 e. The van der Waals surface area contributed by atoms with Crippen molar-refractivity contribution in [3.05, 3.63) is 0 Å². The van der Waals surface area contributed by atoms with Gasteiger partial charge in [-0.1, -0.05) is 26.2 Å². The summed E-state index contributed by atoms with van der Waals surface area (Å²) in [6, 6.07) is 0. The molecule has 3 nitrogen and oxygen atoms in total. The highest BCUT2D eigenvalue weighted by molar-refractivity contribution is 5.75. The first-order valence-corrected chi connectivity index (χ1v) is 5.66. The number of hydrogen-bond donors (Lipinski definition) is 1. The van der Waals surface area contributed by atoms with E-state index in [1.165, 1.54) is 19.3 Å². The molecule has 0 aromatic heterocycles. The van der Waals surface area contributed by atoms with Crippen LogP contribution in [0.4, 0.5) is 0 Å². The Labute approximate surface area is 87.6 Å². The number of carbonyl (C=O) groups is 1. The summed E-state index contributed by atoms with van der Waals surface area (Å²) in [6.45, 7) is 3.63. The first kappa shape index (κ1) is 13.4. The fraction of sp³-hybridized carbons (Fsp3) is 0.909. The molecule has 0 aromatic carbocycles. The second kappa shape index (κ2) is 9.00. The van der Waals surface area contributed by atoms with Gasteiger partial charge in [-0.15, -0.1) is 0 Å². The van der Waals surface area contributed by atoms with Gasteiger partial charge in [0.1, 0.15) is 0 Å². The largest absolute Gasteiger partial charge is 0.346 e. The highest BCUT2D eigenvalue weighted by Crippen LogP contribution is 2.04. The number of carbonyl (C=O) groups excluding carboxylic acids is 1. The molecule has 2 N–H and O–H groups in total. The van der Waals surface area contributed by atoms with Crippen molar-refractivity contribution in [3.8, 4) is 0 Å². The average molecular weight is 200 g/mol. The lowest BCUT2D eigenvalue weighted by Gasteiger charge is -2.16. The molecule has 0 fully saturated rings. The van der Waals surface area contributed by atoms with Crippen molar-refractivity contribution in [2.24, 2.45) is 5.73 Å². The molecule has 14 heavy (non-hydrogen) atoms. The molecule has 0 saturated carbocycles. The third-order valence-corrected chi connectivity index (χ3v) is 2.37. The van der Waals surface area contributed by atoms with Crippen molar-refractivity contribution in [1.29, 1.82) is 0 Å². The SMILES string of the molecule is CCCCCCC(=O)N(C)CCCN. The Kier molecular flexibility index (Phi) is 8.64. The van der Waals surface area contributed by atoms with E-state index in [0.717, 1.165) is 19.4 Å². The average Bonchev–Trinajstić information content (AvgIpc) is 2.20. The molecule has 0 aliphatic heterocycles. The van der Waals surface area contributed by atoms with Crippen LogP contribution in [0.25, 0.3) is 0 Å². The molecule has 0 bridgehead atoms. The smallest absolute Gasteiger partial charge is 0.222 e. The zero-order valence-corrected chi connectivity index (χ0v) is 9.59. The van der Waals surface area contributed by atoms with Crippen LogP contribution in [-0.4, -0.2) is 30.9 Å². The van der Waals surface area contributed by atoms with E-state index in [2.05, 4.69) is 6.92 Å². The number of hydrogen-bond acceptors (Lipinski definition) is 2. The van der Waals surface area contributed by atoms with Crippen LogP contribution in [0.5, 0.6) is 0 Å². The fourth-order valence-electron chi connectivity index (χ4n) is 1.35. The van der Waals surface area contributed by atoms with Gasteiger partial charge in [0.05, 0.1) is 0 Å². The van der Waals surface area contributed by atoms with E-state index in [0.29, 0.717) is 13.0 Å². The topological polar surface area (TPSA) is 46.3 Å². The van der Waals surface area contributed by atoms with Crippen LogP contribution in [0.15, 0.2) is 0 Å². The van der Waals surface area contributed by atoms with Crippen LogP contribution in [-0.2, 0) is 4.79 Å². The van der Waals surface area contributed by atoms with E-state index in [-0.39, 0.29) is 5.91 Å². The Morgan fingerprint density at radius 3 is 2.50 bits per heavy atom. The summed E-state index contributed by atoms with van der Waals surface area (Å²) in [4.78, 5) is 13.3. The normalized spacial score (nSPS) is 10.2. The first-order chi connectivity index (χ1) is 6.72. The predicted molar refractivity (Wildman–Crippen MR) is 60.1 cm³/mol. The van der Waals surface area contributed by atoms with Crippen LogP contribution >= 0.6 is 0 Å². The van der Waals surface area contributed by atoms with Gasteiger partial charge in [0.15, 0.2) is 0 Å². The number of nitrogens with two attached hydrogens (primary N) is 1. The molecule has 84 valence electrons. The van der Waals surface area contributed by atoms with Crippen LogP contribution in [0.2, 0.25) is 0 Å². The van der Waals surface area contributed by atoms with E-state index < -0.39 is 0 Å². The molecule has 0 aromatic rings. The van der Waals surface area contributed by atoms with E-state index in [1.807, 2.05) is 7.05 Å². The summed E-state index contributed by atoms with van der Waals surface area (Å²) < 4.78 is 0. The van der Waals surface area contributed by atoms with Crippen molar-refractivity contribution in [1.82, 2.24) is 4.90 Å². The Morgan fingerprint density at radius 2 is 1.93 bits per heavy atom. The standard InChI is InChI=1S/C11H24N2O/c1-3-4-5-6-8-11(14)13(2)10-7-9-12/h3-10,12H2,1-2H3. The maximum absolute atomic E-state index is 11.5. The van der Waals surface area contributed by atoms with E-state index in [4.69, 9.17) is 5.73 Å². The van der Waals surface area contributed by atoms with Gasteiger partial charge in [-0.2, -0.15) is 0 Å². The van der Waals surface area contributed by atoms with Crippen molar-refractivity contribution >= 4 is 5.91 Å². The Bertz CT molecular complexity index is 148. The first-order valence-electron chi connectivity index (χ1n) is 5.66. The molecule has 3 heteroatoms. The maximum atomic E-state index is 11.5. The molecule has 0 radical (unpaired) electrons. The van der Waals surface area contributed by atoms with Crippen molar-refractivity contribution in [2.75, 3.05) is 20.1 Å². The van der Waals surface area contributed by atoms with Gasteiger partial charge in [0, 0.05) is 20.0 Å². The molecule has 0 spiro atoms. The third-order valence-electron chi connectivity index (χ3n) is 2.37. The van der Waals surface area contributed by atoms with E-state index >= 15 is 0 Å². The minimum atomic E-state index is 0.259. The third kappa shape index (κ3) is 6.89. The summed E-state index contributed by atoms with van der Waals surface area (Å²) in [6.07, 6.45) is 6.25. The van der Waals surface area contributed by atoms with Gasteiger partial charge in [-0.3, -0.25) is 4.79 Å². The second-order valence-electron chi connectivity index (χ2n) is 3.77. The van der Waals surface area contributed by atoms with Gasteiger partial charge >= 0.3 is 0 Å². The molecule has 0 unspecified atom stereocenters. The van der Waals surface area contributed by atoms with Crippen LogP contribution in [0.3, 0.4) is 0 Å². The maximum Gasteiger partial charge on any atom is 0.222 e. The molecule has 1 amide bonds. The van der Waals surface area contributed by atoms with Gasteiger partial charge < -0.3 is 10.6 Å². The fourth-order valence-corrected chi connectivity index (χ4v) is 1.35. The Hall–Kier alpha value is -0.570. The van der Waals surface area contributed by atoms with Crippen molar-refractivity contribution in [3.63, 3.8) is 0 Å². The van der Waals surface area contributed by atoms with Crippen LogP contribution in [0.1, 0.15) is 45.4 Å². The summed E-state index contributed by atoms with van der Waals surface area (Å²) in [5.41, 5.74) is 5.38. The number of unbranched alkanes of at least 4 members (excludes halogenated alkanes) is 3. The van der Waals surface area contributed by atoms with Crippen molar-refractivity contribution in [2.45, 2.75) is 45.4 Å². The lowest BCUT2D eigenvalue weighted by molar-refractivity contribution is -0.130. The number of rotatable bonds is 8. The Morgan fingerprint density at radius 1 is 1.21 bits per heavy atom. The molecule has 0 aliphatic rings. The summed E-state index contributed by atoms with van der Waals surface area (Å²) in [5, 5.41) is 0. The van der Waals surface area contributed by atoms with E-state index in [9.17, 15) is 4.79 Å². The molecule has 0 heterocycles. The highest BCUT2D eigenvalue weighted by Gasteiger charge is 2.06. The van der Waals surface area contributed by atoms with Crippen LogP contribution < -0.4 is 5.73 Å². The zero-order valence-electron chi connectivity index (χ0n) is 9.59. The molecule has 0 aliphatic carbocycles. The molecule has 0 rings (SSSR count). The molecule has 0 saturated heterocycles. The summed E-state index contributed by atoms with van der Waals surface area (Å²) in [7, 11) is 1.86. The second-order valence-corrected chi connectivity index (χ2v) is 3.77. The predicted octanol–water partition coefficient (Wildman–Crippen LogP) is 1.76. The minimum absolute atomic E-state index is 0.259. The summed E-state index contributed by atoms with van der Waals surface area (Å²) >= 11 is 0. The van der Waals surface area contributed by atoms with E-state index in [1.54, 1.807) is 4.90 Å². The summed E-state index contributed by atoms with van der Waals surface area (Å²) in [5.74, 6) is 0.259.